The third kappa shape index (κ3) is 5.59. The Balaban J connectivity index is 1.22. The maximum Gasteiger partial charge on any atom is 0.257 e. The highest BCUT2D eigenvalue weighted by atomic mass is 16.5. The van der Waals surface area contributed by atoms with E-state index in [0.717, 1.165) is 65.0 Å². The van der Waals surface area contributed by atoms with Crippen molar-refractivity contribution in [3.8, 4) is 5.75 Å². The molecule has 1 N–H and O–H groups in total. The quantitative estimate of drug-likeness (QED) is 0.671. The summed E-state index contributed by atoms with van der Waals surface area (Å²) in [6, 6.07) is 11.3. The fourth-order valence-electron chi connectivity index (χ4n) is 6.23. The van der Waals surface area contributed by atoms with E-state index in [1.54, 1.807) is 20.2 Å². The lowest BCUT2D eigenvalue weighted by Crippen LogP contribution is -2.52. The predicted molar refractivity (Wildman–Crippen MR) is 144 cm³/mol. The number of aromatic nitrogens is 1. The molecule has 2 aromatic rings. The van der Waals surface area contributed by atoms with Crippen LogP contribution in [0, 0.1) is 5.92 Å². The van der Waals surface area contributed by atoms with Crippen LogP contribution < -0.4 is 10.1 Å². The van der Waals surface area contributed by atoms with Gasteiger partial charge >= 0.3 is 0 Å². The number of methoxy groups -OCH3 is 1. The molecule has 0 saturated carbocycles. The van der Waals surface area contributed by atoms with Crippen LogP contribution in [0.3, 0.4) is 0 Å². The molecule has 2 fully saturated rings. The van der Waals surface area contributed by atoms with Gasteiger partial charge < -0.3 is 19.9 Å². The van der Waals surface area contributed by atoms with E-state index in [0.29, 0.717) is 29.1 Å². The van der Waals surface area contributed by atoms with Crippen molar-refractivity contribution < 1.29 is 14.3 Å². The van der Waals surface area contributed by atoms with Crippen LogP contribution in [0.25, 0.3) is 0 Å². The molecule has 0 aliphatic carbocycles. The smallest absolute Gasteiger partial charge is 0.257 e. The molecule has 4 heterocycles. The summed E-state index contributed by atoms with van der Waals surface area (Å²) in [5.41, 5.74) is 3.46. The lowest BCUT2D eigenvalue weighted by atomic mass is 9.89. The summed E-state index contributed by atoms with van der Waals surface area (Å²) in [5.74, 6) is 1.70. The van der Waals surface area contributed by atoms with Crippen LogP contribution in [-0.4, -0.2) is 83.4 Å². The minimum absolute atomic E-state index is 0.00277. The maximum absolute atomic E-state index is 13.7. The average Bonchev–Trinajstić information content (AvgIpc) is 2.92. The first-order chi connectivity index (χ1) is 17.9. The molecule has 1 aromatic carbocycles. The molecule has 2 saturated heterocycles. The lowest BCUT2D eigenvalue weighted by molar-refractivity contribution is -0.129. The van der Waals surface area contributed by atoms with E-state index >= 15 is 0 Å². The third-order valence-corrected chi connectivity index (χ3v) is 8.39. The zero-order valence-electron chi connectivity index (χ0n) is 22.3. The van der Waals surface area contributed by atoms with E-state index < -0.39 is 0 Å². The van der Waals surface area contributed by atoms with Gasteiger partial charge in [0, 0.05) is 58.3 Å². The Labute approximate surface area is 220 Å². The number of hydrogen-bond donors (Lipinski definition) is 1. The van der Waals surface area contributed by atoms with E-state index in [9.17, 15) is 9.59 Å². The van der Waals surface area contributed by atoms with Crippen LogP contribution in [0.4, 0.5) is 5.82 Å². The average molecular weight is 506 g/mol. The van der Waals surface area contributed by atoms with Crippen molar-refractivity contribution in [2.45, 2.75) is 58.2 Å². The highest BCUT2D eigenvalue weighted by molar-refractivity contribution is 5.97. The number of anilines is 1. The second-order valence-electron chi connectivity index (χ2n) is 10.8. The number of piperidine rings is 2. The number of amides is 2. The number of hydrogen-bond acceptors (Lipinski definition) is 6. The molecular formula is C29H39N5O3. The largest absolute Gasteiger partial charge is 0.494 e. The topological polar surface area (TPSA) is 78.0 Å². The van der Waals surface area contributed by atoms with Gasteiger partial charge in [-0.1, -0.05) is 31.2 Å². The monoisotopic (exact) mass is 505 g/mol. The van der Waals surface area contributed by atoms with Crippen LogP contribution in [-0.2, 0) is 17.8 Å². The molecule has 198 valence electrons. The summed E-state index contributed by atoms with van der Waals surface area (Å²) in [4.78, 5) is 36.3. The minimum atomic E-state index is 0.00277. The zero-order valence-corrected chi connectivity index (χ0v) is 22.3. The standard InChI is InChI=1S/C29H39N5O3/c1-20-18-34(15-11-26(20)33-12-8-22-6-4-5-7-23(22)19-33)29(36)25-16-28(30-17-27(25)37-3)31-24-9-13-32(14-10-24)21(2)35/h4-7,16-17,20,24,26H,8-15,18-19H2,1-3H3,(H,30,31)/t20?,26-/m0/s1. The number of benzene rings is 1. The zero-order chi connectivity index (χ0) is 25.9. The molecule has 3 aliphatic heterocycles. The number of nitrogens with zero attached hydrogens (tertiary/aromatic N) is 4. The van der Waals surface area contributed by atoms with Crippen molar-refractivity contribution >= 4 is 17.6 Å². The van der Waals surface area contributed by atoms with Gasteiger partial charge in [-0.05, 0) is 48.8 Å². The van der Waals surface area contributed by atoms with Crippen LogP contribution in [0.2, 0.25) is 0 Å². The van der Waals surface area contributed by atoms with Gasteiger partial charge in [-0.3, -0.25) is 14.5 Å². The number of ether oxygens (including phenoxy) is 1. The number of carbonyl (C=O) groups is 2. The van der Waals surface area contributed by atoms with Gasteiger partial charge in [-0.25, -0.2) is 4.98 Å². The van der Waals surface area contributed by atoms with Crippen LogP contribution in [0.5, 0.6) is 5.75 Å². The fraction of sp³-hybridized carbons (Fsp3) is 0.552. The molecule has 0 radical (unpaired) electrons. The molecule has 2 amide bonds. The lowest BCUT2D eigenvalue weighted by Gasteiger charge is -2.44. The first-order valence-corrected chi connectivity index (χ1v) is 13.6. The van der Waals surface area contributed by atoms with Gasteiger partial charge in [0.05, 0.1) is 18.9 Å². The Morgan fingerprint density at radius 1 is 1.03 bits per heavy atom. The Morgan fingerprint density at radius 2 is 1.76 bits per heavy atom. The summed E-state index contributed by atoms with van der Waals surface area (Å²) in [5, 5.41) is 3.47. The van der Waals surface area contributed by atoms with Gasteiger partial charge in [0.15, 0.2) is 0 Å². The number of likely N-dealkylation sites (tertiary alicyclic amines) is 2. The minimum Gasteiger partial charge on any atom is -0.494 e. The molecule has 3 aliphatic rings. The number of fused-ring (bicyclic) bond motifs is 1. The SMILES string of the molecule is COc1cnc(NC2CCN(C(C)=O)CC2)cc1C(=O)N1CC[C@H](N2CCc3ccccc3C2)C(C)C1. The molecular weight excluding hydrogens is 466 g/mol. The molecule has 0 spiro atoms. The molecule has 2 atom stereocenters. The van der Waals surface area contributed by atoms with E-state index in [2.05, 4.69) is 46.4 Å². The molecule has 8 heteroatoms. The fourth-order valence-corrected chi connectivity index (χ4v) is 6.23. The van der Waals surface area contributed by atoms with E-state index in [-0.39, 0.29) is 17.9 Å². The van der Waals surface area contributed by atoms with Crippen LogP contribution in [0.1, 0.15) is 54.6 Å². The van der Waals surface area contributed by atoms with E-state index in [1.807, 2.05) is 15.9 Å². The highest BCUT2D eigenvalue weighted by Gasteiger charge is 2.35. The number of nitrogens with one attached hydrogen (secondary N) is 1. The number of rotatable bonds is 5. The Kier molecular flexibility index (Phi) is 7.65. The molecule has 1 unspecified atom stereocenters. The Morgan fingerprint density at radius 3 is 2.46 bits per heavy atom. The summed E-state index contributed by atoms with van der Waals surface area (Å²) >= 11 is 0. The normalized spacial score (nSPS) is 22.9. The van der Waals surface area contributed by atoms with Gasteiger partial charge in [0.25, 0.3) is 5.91 Å². The summed E-state index contributed by atoms with van der Waals surface area (Å²) in [7, 11) is 1.58. The molecule has 0 bridgehead atoms. The summed E-state index contributed by atoms with van der Waals surface area (Å²) in [6.45, 7) is 8.93. The molecule has 8 nitrogen and oxygen atoms in total. The molecule has 5 rings (SSSR count). The summed E-state index contributed by atoms with van der Waals surface area (Å²) in [6.07, 6.45) is 5.44. The Bertz CT molecular complexity index is 1130. The van der Waals surface area contributed by atoms with Crippen molar-refractivity contribution in [2.75, 3.05) is 45.2 Å². The first-order valence-electron chi connectivity index (χ1n) is 13.6. The van der Waals surface area contributed by atoms with Gasteiger partial charge in [-0.15, -0.1) is 0 Å². The van der Waals surface area contributed by atoms with Gasteiger partial charge in [0.1, 0.15) is 11.6 Å². The number of carbonyl (C=O) groups excluding carboxylic acids is 2. The second-order valence-corrected chi connectivity index (χ2v) is 10.8. The predicted octanol–water partition coefficient (Wildman–Crippen LogP) is 3.42. The van der Waals surface area contributed by atoms with Crippen molar-refractivity contribution in [2.24, 2.45) is 5.92 Å². The second kappa shape index (κ2) is 11.1. The highest BCUT2D eigenvalue weighted by Crippen LogP contribution is 2.30. The van der Waals surface area contributed by atoms with Crippen molar-refractivity contribution in [3.63, 3.8) is 0 Å². The molecule has 1 aromatic heterocycles. The van der Waals surface area contributed by atoms with Crippen molar-refractivity contribution in [1.29, 1.82) is 0 Å². The maximum atomic E-state index is 13.7. The number of pyridine rings is 1. The Hall–Kier alpha value is -3.13. The summed E-state index contributed by atoms with van der Waals surface area (Å²) < 4.78 is 5.53. The van der Waals surface area contributed by atoms with Gasteiger partial charge in [-0.2, -0.15) is 0 Å². The van der Waals surface area contributed by atoms with Crippen LogP contribution >= 0.6 is 0 Å². The van der Waals surface area contributed by atoms with E-state index in [4.69, 9.17) is 4.74 Å². The van der Waals surface area contributed by atoms with Crippen molar-refractivity contribution in [3.05, 3.63) is 53.2 Å². The molecule has 37 heavy (non-hydrogen) atoms. The van der Waals surface area contributed by atoms with Crippen LogP contribution in [0.15, 0.2) is 36.5 Å². The van der Waals surface area contributed by atoms with Crippen molar-refractivity contribution in [1.82, 2.24) is 19.7 Å². The van der Waals surface area contributed by atoms with E-state index in [1.165, 1.54) is 11.1 Å². The van der Waals surface area contributed by atoms with Gasteiger partial charge in [0.2, 0.25) is 5.91 Å². The first kappa shape index (κ1) is 25.5. The third-order valence-electron chi connectivity index (χ3n) is 8.39.